The first-order valence-electron chi connectivity index (χ1n) is 8.77. The van der Waals surface area contributed by atoms with Crippen LogP contribution in [0, 0.1) is 0 Å². The molecule has 2 N–H and O–H groups in total. The molecule has 0 aliphatic carbocycles. The Labute approximate surface area is 158 Å². The van der Waals surface area contributed by atoms with Crippen molar-refractivity contribution in [2.45, 2.75) is 44.8 Å². The Hall–Kier alpha value is -2.46. The largest absolute Gasteiger partial charge is 0.535 e. The molecule has 0 saturated carbocycles. The lowest BCUT2D eigenvalue weighted by molar-refractivity contribution is -0.120. The molecule has 1 aromatic carbocycles. The van der Waals surface area contributed by atoms with Crippen LogP contribution in [0.3, 0.4) is 0 Å². The number of ketones is 1. The number of carboxylic acid groups (broad SMARTS) is 1. The summed E-state index contributed by atoms with van der Waals surface area (Å²) >= 11 is 0. The van der Waals surface area contributed by atoms with Gasteiger partial charge in [0.2, 0.25) is 0 Å². The predicted molar refractivity (Wildman–Crippen MR) is 102 cm³/mol. The van der Waals surface area contributed by atoms with Crippen LogP contribution in [0.15, 0.2) is 24.4 Å². The number of rotatable bonds is 6. The highest BCUT2D eigenvalue weighted by Crippen LogP contribution is 2.36. The highest BCUT2D eigenvalue weighted by atomic mass is 28.3. The summed E-state index contributed by atoms with van der Waals surface area (Å²) in [6.45, 7) is 6.55. The number of hydrogen-bond donors (Lipinski definition) is 2. The quantitative estimate of drug-likeness (QED) is 0.710. The molecule has 27 heavy (non-hydrogen) atoms. The molecule has 10 heteroatoms. The normalized spacial score (nSPS) is 16.6. The molecule has 2 aromatic rings. The van der Waals surface area contributed by atoms with Gasteiger partial charge in [0.05, 0.1) is 10.9 Å². The molecule has 0 bridgehead atoms. The van der Waals surface area contributed by atoms with Gasteiger partial charge in [-0.3, -0.25) is 4.79 Å². The second-order valence-corrected chi connectivity index (χ2v) is 12.9. The predicted octanol–water partition coefficient (Wildman–Crippen LogP) is 0.966. The van der Waals surface area contributed by atoms with Crippen molar-refractivity contribution in [2.75, 3.05) is 0 Å². The number of carbonyl (C=O) groups excluding carboxylic acids is 1. The standard InChI is InChI=1S/C17H22BN3O5Si/c1-27(2,3)15-10-21(20-19-15)9-13(22)8-12-7-11-5-4-6-14(17(23)24)16(11)26-18(12)25/h4-6,10,12,25H,7-9H2,1-3H3,(H,23,24)/t12-/m1/s1. The zero-order chi connectivity index (χ0) is 19.8. The molecule has 1 aliphatic heterocycles. The van der Waals surface area contributed by atoms with Crippen LogP contribution in [0.25, 0.3) is 0 Å². The van der Waals surface area contributed by atoms with Gasteiger partial charge in [-0.1, -0.05) is 37.0 Å². The summed E-state index contributed by atoms with van der Waals surface area (Å²) in [7, 11) is -2.81. The molecule has 0 radical (unpaired) electrons. The van der Waals surface area contributed by atoms with Crippen LogP contribution in [0.2, 0.25) is 25.5 Å². The maximum absolute atomic E-state index is 12.4. The maximum Gasteiger partial charge on any atom is 0.526 e. The minimum atomic E-state index is -1.59. The fourth-order valence-corrected chi connectivity index (χ4v) is 3.96. The highest BCUT2D eigenvalue weighted by molar-refractivity contribution is 6.88. The van der Waals surface area contributed by atoms with Crippen LogP contribution in [0.1, 0.15) is 22.3 Å². The maximum atomic E-state index is 12.4. The number of fused-ring (bicyclic) bond motifs is 1. The van der Waals surface area contributed by atoms with Crippen molar-refractivity contribution >= 4 is 32.3 Å². The monoisotopic (exact) mass is 387 g/mol. The number of benzene rings is 1. The van der Waals surface area contributed by atoms with Gasteiger partial charge in [0.15, 0.2) is 5.78 Å². The second kappa shape index (κ2) is 7.28. The first-order chi connectivity index (χ1) is 12.6. The van der Waals surface area contributed by atoms with E-state index in [2.05, 4.69) is 30.0 Å². The first kappa shape index (κ1) is 19.3. The van der Waals surface area contributed by atoms with Crippen molar-refractivity contribution in [3.05, 3.63) is 35.5 Å². The summed E-state index contributed by atoms with van der Waals surface area (Å²) in [6.07, 6.45) is 2.30. The number of para-hydroxylation sites is 1. The van der Waals surface area contributed by atoms with Gasteiger partial charge in [0.25, 0.3) is 0 Å². The molecular weight excluding hydrogens is 365 g/mol. The van der Waals surface area contributed by atoms with Crippen molar-refractivity contribution in [3.8, 4) is 5.75 Å². The van der Waals surface area contributed by atoms with E-state index in [1.54, 1.807) is 12.1 Å². The zero-order valence-electron chi connectivity index (χ0n) is 15.5. The van der Waals surface area contributed by atoms with Crippen LogP contribution >= 0.6 is 0 Å². The van der Waals surface area contributed by atoms with Gasteiger partial charge in [0.1, 0.15) is 20.4 Å². The van der Waals surface area contributed by atoms with Gasteiger partial charge in [0, 0.05) is 18.4 Å². The van der Waals surface area contributed by atoms with Crippen LogP contribution in [0.4, 0.5) is 0 Å². The SMILES string of the molecule is C[Si](C)(C)c1cn(CC(=O)C[C@H]2Cc3cccc(C(=O)O)c3OB2O)nn1. The lowest BCUT2D eigenvalue weighted by atomic mass is 9.64. The van der Waals surface area contributed by atoms with E-state index in [9.17, 15) is 19.7 Å². The van der Waals surface area contributed by atoms with E-state index in [1.807, 2.05) is 6.20 Å². The summed E-state index contributed by atoms with van der Waals surface area (Å²) in [6, 6.07) is 4.82. The lowest BCUT2D eigenvalue weighted by Gasteiger charge is -2.27. The third kappa shape index (κ3) is 4.28. The molecule has 1 aliphatic rings. The van der Waals surface area contributed by atoms with Crippen molar-refractivity contribution in [2.24, 2.45) is 0 Å². The van der Waals surface area contributed by atoms with Crippen LogP contribution < -0.4 is 9.97 Å². The number of carboxylic acids is 1. The average molecular weight is 387 g/mol. The van der Waals surface area contributed by atoms with E-state index in [0.29, 0.717) is 12.0 Å². The van der Waals surface area contributed by atoms with Gasteiger partial charge in [-0.05, 0) is 18.1 Å². The van der Waals surface area contributed by atoms with E-state index < -0.39 is 27.0 Å². The van der Waals surface area contributed by atoms with Crippen LogP contribution in [-0.2, 0) is 17.8 Å². The van der Waals surface area contributed by atoms with E-state index >= 15 is 0 Å². The van der Waals surface area contributed by atoms with Gasteiger partial charge >= 0.3 is 13.1 Å². The summed E-state index contributed by atoms with van der Waals surface area (Å²) < 4.78 is 6.96. The first-order valence-corrected chi connectivity index (χ1v) is 12.3. The number of aromatic carboxylic acids is 1. The number of Topliss-reactive ketones (excluding diaryl/α,β-unsaturated/α-hetero) is 1. The summed E-state index contributed by atoms with van der Waals surface area (Å²) in [5.41, 5.74) is 0.692. The third-order valence-corrected chi connectivity index (χ3v) is 6.35. The topological polar surface area (TPSA) is 115 Å². The smallest absolute Gasteiger partial charge is 0.526 e. The Bertz CT molecular complexity index is 880. The van der Waals surface area contributed by atoms with E-state index in [-0.39, 0.29) is 30.1 Å². The van der Waals surface area contributed by atoms with Gasteiger partial charge in [-0.2, -0.15) is 0 Å². The molecule has 2 heterocycles. The van der Waals surface area contributed by atoms with Gasteiger partial charge < -0.3 is 14.8 Å². The minimum Gasteiger partial charge on any atom is -0.535 e. The van der Waals surface area contributed by atoms with Crippen LogP contribution in [-0.4, -0.2) is 52.1 Å². The zero-order valence-corrected chi connectivity index (χ0v) is 16.5. The molecular formula is C17H22BN3O5Si. The molecule has 0 amide bonds. The number of hydrogen-bond acceptors (Lipinski definition) is 6. The Kier molecular flexibility index (Phi) is 5.20. The summed E-state index contributed by atoms with van der Waals surface area (Å²) in [4.78, 5) is 23.7. The molecule has 8 nitrogen and oxygen atoms in total. The molecule has 142 valence electrons. The number of carbonyl (C=O) groups is 2. The molecule has 1 aromatic heterocycles. The Morgan fingerprint density at radius 2 is 2.11 bits per heavy atom. The Balaban J connectivity index is 1.68. The molecule has 0 saturated heterocycles. The lowest BCUT2D eigenvalue weighted by Crippen LogP contribution is -2.38. The minimum absolute atomic E-state index is 0.0119. The van der Waals surface area contributed by atoms with E-state index in [4.69, 9.17) is 4.65 Å². The van der Waals surface area contributed by atoms with E-state index in [0.717, 1.165) is 5.32 Å². The van der Waals surface area contributed by atoms with Crippen molar-refractivity contribution in [1.29, 1.82) is 0 Å². The fourth-order valence-electron chi connectivity index (χ4n) is 3.08. The third-order valence-electron chi connectivity index (χ3n) is 4.59. The number of aromatic nitrogens is 3. The van der Waals surface area contributed by atoms with Crippen molar-refractivity contribution < 1.29 is 24.4 Å². The molecule has 0 spiro atoms. The molecule has 0 fully saturated rings. The molecule has 1 atom stereocenters. The Morgan fingerprint density at radius 1 is 1.37 bits per heavy atom. The summed E-state index contributed by atoms with van der Waals surface area (Å²) in [5, 5.41) is 28.6. The van der Waals surface area contributed by atoms with Gasteiger partial charge in [-0.25, -0.2) is 9.48 Å². The molecule has 0 unspecified atom stereocenters. The van der Waals surface area contributed by atoms with Crippen molar-refractivity contribution in [1.82, 2.24) is 15.0 Å². The summed E-state index contributed by atoms with van der Waals surface area (Å²) in [5.74, 6) is -1.46. The highest BCUT2D eigenvalue weighted by Gasteiger charge is 2.37. The average Bonchev–Trinajstić information content (AvgIpc) is 3.03. The van der Waals surface area contributed by atoms with Gasteiger partial charge in [-0.15, -0.1) is 5.10 Å². The second-order valence-electron chi connectivity index (χ2n) is 7.87. The molecule has 3 rings (SSSR count). The number of nitrogens with zero attached hydrogens (tertiary/aromatic N) is 3. The van der Waals surface area contributed by atoms with E-state index in [1.165, 1.54) is 10.7 Å². The Morgan fingerprint density at radius 3 is 2.74 bits per heavy atom. The van der Waals surface area contributed by atoms with Crippen molar-refractivity contribution in [3.63, 3.8) is 0 Å². The fraction of sp³-hybridized carbons (Fsp3) is 0.412. The van der Waals surface area contributed by atoms with Crippen LogP contribution in [0.5, 0.6) is 5.75 Å².